The minimum Gasteiger partial charge on any atom is -0.346 e. The van der Waals surface area contributed by atoms with Crippen LogP contribution in [0.5, 0.6) is 0 Å². The molecule has 6 heteroatoms. The molecule has 0 aliphatic rings. The van der Waals surface area contributed by atoms with Gasteiger partial charge in [0.25, 0.3) is 0 Å². The molecule has 0 atom stereocenters. The van der Waals surface area contributed by atoms with Crippen LogP contribution in [-0.2, 0) is 4.79 Å². The van der Waals surface area contributed by atoms with E-state index in [-0.39, 0.29) is 6.54 Å². The summed E-state index contributed by atoms with van der Waals surface area (Å²) in [7, 11) is 0. The monoisotopic (exact) mass is 198 g/mol. The van der Waals surface area contributed by atoms with Crippen molar-refractivity contribution in [3.8, 4) is 0 Å². The summed E-state index contributed by atoms with van der Waals surface area (Å²) >= 11 is 0. The Labute approximate surface area is 74.5 Å². The summed E-state index contributed by atoms with van der Waals surface area (Å²) in [6, 6.07) is 0. The first kappa shape index (κ1) is 12.2. The standard InChI is InChI=1S/C7H13F3N2O/c1-6(2,3-11)5(13)12-4-7(8,9)10/h3-4,11H2,1-2H3,(H,12,13). The van der Waals surface area contributed by atoms with E-state index in [1.807, 2.05) is 0 Å². The highest BCUT2D eigenvalue weighted by atomic mass is 19.4. The van der Waals surface area contributed by atoms with E-state index < -0.39 is 24.0 Å². The molecule has 1 amide bonds. The van der Waals surface area contributed by atoms with Gasteiger partial charge in [0.05, 0.1) is 5.41 Å². The predicted molar refractivity (Wildman–Crippen MR) is 41.9 cm³/mol. The van der Waals surface area contributed by atoms with Gasteiger partial charge in [0, 0.05) is 6.54 Å². The van der Waals surface area contributed by atoms with E-state index in [1.165, 1.54) is 13.8 Å². The Kier molecular flexibility index (Phi) is 3.71. The molecule has 0 radical (unpaired) electrons. The first-order chi connectivity index (χ1) is 5.69. The molecule has 0 heterocycles. The molecule has 0 bridgehead atoms. The van der Waals surface area contributed by atoms with Crippen molar-refractivity contribution in [1.29, 1.82) is 0 Å². The smallest absolute Gasteiger partial charge is 0.346 e. The molecule has 13 heavy (non-hydrogen) atoms. The van der Waals surface area contributed by atoms with Crippen LogP contribution in [0.3, 0.4) is 0 Å². The second kappa shape index (κ2) is 3.95. The Hall–Kier alpha value is -0.780. The van der Waals surface area contributed by atoms with Gasteiger partial charge in [-0.05, 0) is 13.8 Å². The number of amides is 1. The van der Waals surface area contributed by atoms with Crippen molar-refractivity contribution in [3.05, 3.63) is 0 Å². The Morgan fingerprint density at radius 2 is 1.85 bits per heavy atom. The molecule has 0 aromatic carbocycles. The van der Waals surface area contributed by atoms with Gasteiger partial charge >= 0.3 is 6.18 Å². The van der Waals surface area contributed by atoms with Crippen molar-refractivity contribution in [2.45, 2.75) is 20.0 Å². The molecule has 0 aromatic rings. The zero-order valence-electron chi connectivity index (χ0n) is 7.53. The van der Waals surface area contributed by atoms with Crippen LogP contribution in [0.25, 0.3) is 0 Å². The minimum atomic E-state index is -4.37. The van der Waals surface area contributed by atoms with Crippen LogP contribution in [0.2, 0.25) is 0 Å². The second-order valence-corrected chi connectivity index (χ2v) is 3.39. The van der Waals surface area contributed by atoms with Crippen molar-refractivity contribution >= 4 is 5.91 Å². The van der Waals surface area contributed by atoms with Crippen molar-refractivity contribution in [2.24, 2.45) is 11.1 Å². The molecule has 0 unspecified atom stereocenters. The number of nitrogens with two attached hydrogens (primary N) is 1. The van der Waals surface area contributed by atoms with Gasteiger partial charge in [-0.25, -0.2) is 0 Å². The maximum Gasteiger partial charge on any atom is 0.405 e. The fourth-order valence-corrected chi connectivity index (χ4v) is 0.512. The Morgan fingerprint density at radius 3 is 2.15 bits per heavy atom. The van der Waals surface area contributed by atoms with E-state index in [0.29, 0.717) is 0 Å². The number of hydrogen-bond donors (Lipinski definition) is 2. The summed E-state index contributed by atoms with van der Waals surface area (Å²) in [5.74, 6) is -0.688. The molecule has 0 aromatic heterocycles. The van der Waals surface area contributed by atoms with Crippen molar-refractivity contribution in [3.63, 3.8) is 0 Å². The molecule has 3 nitrogen and oxygen atoms in total. The molecule has 0 fully saturated rings. The van der Waals surface area contributed by atoms with E-state index in [1.54, 1.807) is 5.32 Å². The average Bonchev–Trinajstić information content (AvgIpc) is 1.98. The minimum absolute atomic E-state index is 0.0106. The van der Waals surface area contributed by atoms with Gasteiger partial charge in [-0.3, -0.25) is 4.79 Å². The molecular weight excluding hydrogens is 185 g/mol. The number of rotatable bonds is 3. The number of hydrogen-bond acceptors (Lipinski definition) is 2. The molecule has 0 aliphatic carbocycles. The lowest BCUT2D eigenvalue weighted by molar-refractivity contribution is -0.143. The highest BCUT2D eigenvalue weighted by Gasteiger charge is 2.32. The molecule has 0 saturated heterocycles. The zero-order chi connectivity index (χ0) is 10.7. The fourth-order valence-electron chi connectivity index (χ4n) is 0.512. The lowest BCUT2D eigenvalue weighted by Gasteiger charge is -2.21. The zero-order valence-corrected chi connectivity index (χ0v) is 7.53. The first-order valence-corrected chi connectivity index (χ1v) is 3.74. The molecule has 0 saturated carbocycles. The van der Waals surface area contributed by atoms with E-state index in [2.05, 4.69) is 0 Å². The van der Waals surface area contributed by atoms with Crippen LogP contribution in [0.4, 0.5) is 13.2 Å². The number of carbonyl (C=O) groups excluding carboxylic acids is 1. The maximum absolute atomic E-state index is 11.7. The predicted octanol–water partition coefficient (Wildman–Crippen LogP) is 0.650. The summed E-state index contributed by atoms with van der Waals surface area (Å²) in [5, 5.41) is 1.77. The Bertz CT molecular complexity index is 189. The number of carbonyl (C=O) groups is 1. The molecule has 0 spiro atoms. The van der Waals surface area contributed by atoms with Crippen LogP contribution in [0, 0.1) is 5.41 Å². The summed E-state index contributed by atoms with van der Waals surface area (Å²) in [4.78, 5) is 11.1. The largest absolute Gasteiger partial charge is 0.405 e. The normalized spacial score (nSPS) is 12.8. The van der Waals surface area contributed by atoms with E-state index in [4.69, 9.17) is 5.73 Å². The quantitative estimate of drug-likeness (QED) is 0.699. The van der Waals surface area contributed by atoms with Gasteiger partial charge in [-0.1, -0.05) is 0 Å². The third kappa shape index (κ3) is 4.72. The van der Waals surface area contributed by atoms with E-state index >= 15 is 0 Å². The highest BCUT2D eigenvalue weighted by Crippen LogP contribution is 2.15. The SMILES string of the molecule is CC(C)(CN)C(=O)NCC(F)(F)F. The van der Waals surface area contributed by atoms with Gasteiger partial charge in [-0.15, -0.1) is 0 Å². The number of alkyl halides is 3. The van der Waals surface area contributed by atoms with Crippen LogP contribution in [0.1, 0.15) is 13.8 Å². The van der Waals surface area contributed by atoms with Crippen LogP contribution < -0.4 is 11.1 Å². The maximum atomic E-state index is 11.7. The highest BCUT2D eigenvalue weighted by molar-refractivity contribution is 5.82. The summed E-state index contributed by atoms with van der Waals surface area (Å²) in [6.07, 6.45) is -4.37. The first-order valence-electron chi connectivity index (χ1n) is 3.74. The van der Waals surface area contributed by atoms with Crippen molar-refractivity contribution in [1.82, 2.24) is 5.32 Å². The van der Waals surface area contributed by atoms with Gasteiger partial charge < -0.3 is 11.1 Å². The third-order valence-corrected chi connectivity index (χ3v) is 1.57. The van der Waals surface area contributed by atoms with Crippen LogP contribution >= 0.6 is 0 Å². The molecule has 0 rings (SSSR count). The van der Waals surface area contributed by atoms with Gasteiger partial charge in [0.2, 0.25) is 5.91 Å². The van der Waals surface area contributed by atoms with Crippen LogP contribution in [0.15, 0.2) is 0 Å². The molecule has 0 aliphatic heterocycles. The van der Waals surface area contributed by atoms with Gasteiger partial charge in [0.1, 0.15) is 6.54 Å². The van der Waals surface area contributed by atoms with Crippen molar-refractivity contribution < 1.29 is 18.0 Å². The number of nitrogens with one attached hydrogen (secondary N) is 1. The number of halogens is 3. The topological polar surface area (TPSA) is 55.1 Å². The molecular formula is C7H13F3N2O. The lowest BCUT2D eigenvalue weighted by Crippen LogP contribution is -2.45. The Balaban J connectivity index is 4.03. The average molecular weight is 198 g/mol. The van der Waals surface area contributed by atoms with Gasteiger partial charge in [0.15, 0.2) is 0 Å². The summed E-state index contributed by atoms with van der Waals surface area (Å²) < 4.78 is 35.0. The lowest BCUT2D eigenvalue weighted by atomic mass is 9.93. The molecule has 78 valence electrons. The Morgan fingerprint density at radius 1 is 1.38 bits per heavy atom. The fraction of sp³-hybridized carbons (Fsp3) is 0.857. The second-order valence-electron chi connectivity index (χ2n) is 3.39. The van der Waals surface area contributed by atoms with Crippen molar-refractivity contribution in [2.75, 3.05) is 13.1 Å². The van der Waals surface area contributed by atoms with Gasteiger partial charge in [-0.2, -0.15) is 13.2 Å². The summed E-state index contributed by atoms with van der Waals surface area (Å²) in [6.45, 7) is 1.67. The van der Waals surface area contributed by atoms with Crippen LogP contribution in [-0.4, -0.2) is 25.2 Å². The summed E-state index contributed by atoms with van der Waals surface area (Å²) in [5.41, 5.74) is 4.25. The van der Waals surface area contributed by atoms with E-state index in [0.717, 1.165) is 0 Å². The van der Waals surface area contributed by atoms with E-state index in [9.17, 15) is 18.0 Å². The third-order valence-electron chi connectivity index (χ3n) is 1.57. The molecule has 3 N–H and O–H groups in total.